The van der Waals surface area contributed by atoms with Crippen LogP contribution in [0.3, 0.4) is 0 Å². The van der Waals surface area contributed by atoms with Gasteiger partial charge in [-0.05, 0) is 19.0 Å². The van der Waals surface area contributed by atoms with Crippen LogP contribution in [0, 0.1) is 0 Å². The lowest BCUT2D eigenvalue weighted by Gasteiger charge is -2.46. The van der Waals surface area contributed by atoms with E-state index in [-0.39, 0.29) is 11.5 Å². The Morgan fingerprint density at radius 1 is 1.38 bits per heavy atom. The van der Waals surface area contributed by atoms with Gasteiger partial charge in [0.1, 0.15) is 11.9 Å². The highest BCUT2D eigenvalue weighted by Gasteiger charge is 2.52. The monoisotopic (exact) mass is 327 g/mol. The molecule has 1 spiro atoms. The molecule has 2 fully saturated rings. The van der Waals surface area contributed by atoms with Crippen molar-refractivity contribution >= 4 is 5.91 Å². The number of carbonyl (C=O) groups is 1. The van der Waals surface area contributed by atoms with E-state index in [1.807, 2.05) is 6.07 Å². The number of ether oxygens (including phenoxy) is 1. The molecule has 0 radical (unpaired) electrons. The third kappa shape index (κ3) is 2.83. The number of likely N-dealkylation sites (tertiary alicyclic amines) is 1. The Balaban J connectivity index is 1.32. The van der Waals surface area contributed by atoms with Crippen LogP contribution in [0.2, 0.25) is 0 Å². The maximum Gasteiger partial charge on any atom is 0.276 e. The highest BCUT2D eigenvalue weighted by molar-refractivity contribution is 5.92. The van der Waals surface area contributed by atoms with Gasteiger partial charge in [-0.15, -0.1) is 0 Å². The van der Waals surface area contributed by atoms with Crippen molar-refractivity contribution in [1.29, 1.82) is 0 Å². The zero-order valence-electron chi connectivity index (χ0n) is 13.7. The topological polar surface area (TPSA) is 58.8 Å². The minimum Gasteiger partial charge on any atom is -0.451 e. The first-order valence-corrected chi connectivity index (χ1v) is 8.21. The predicted molar refractivity (Wildman–Crippen MR) is 87.4 cm³/mol. The molecule has 1 aromatic heterocycles. The van der Waals surface area contributed by atoms with Gasteiger partial charge in [0.25, 0.3) is 5.91 Å². The number of aromatic nitrogens is 1. The average Bonchev–Trinajstić information content (AvgIpc) is 3.24. The summed E-state index contributed by atoms with van der Waals surface area (Å²) in [4.78, 5) is 20.3. The molecule has 126 valence electrons. The Bertz CT molecular complexity index is 696. The van der Waals surface area contributed by atoms with Crippen molar-refractivity contribution in [2.75, 3.05) is 26.7 Å². The van der Waals surface area contributed by atoms with Crippen LogP contribution < -0.4 is 0 Å². The van der Waals surface area contributed by atoms with Crippen molar-refractivity contribution in [3.8, 4) is 0 Å². The van der Waals surface area contributed by atoms with Gasteiger partial charge in [-0.1, -0.05) is 30.3 Å². The van der Waals surface area contributed by atoms with Crippen LogP contribution in [0.4, 0.5) is 0 Å². The number of rotatable bonds is 4. The maximum atomic E-state index is 12.2. The molecule has 4 rings (SSSR count). The third-order valence-corrected chi connectivity index (χ3v) is 4.98. The van der Waals surface area contributed by atoms with Gasteiger partial charge in [0, 0.05) is 12.6 Å². The van der Waals surface area contributed by atoms with E-state index in [1.165, 1.54) is 18.2 Å². The van der Waals surface area contributed by atoms with Crippen molar-refractivity contribution in [2.24, 2.45) is 0 Å². The minimum atomic E-state index is -0.186. The molecule has 1 atom stereocenters. The van der Waals surface area contributed by atoms with Gasteiger partial charge < -0.3 is 14.1 Å². The quantitative estimate of drug-likeness (QED) is 0.857. The molecule has 1 unspecified atom stereocenters. The van der Waals surface area contributed by atoms with Crippen molar-refractivity contribution in [3.63, 3.8) is 0 Å². The number of likely N-dealkylation sites (N-methyl/N-ethyl adjacent to an activating group) is 1. The number of amides is 1. The molecule has 2 aliphatic heterocycles. The first-order valence-electron chi connectivity index (χ1n) is 8.21. The van der Waals surface area contributed by atoms with Gasteiger partial charge in [-0.3, -0.25) is 9.69 Å². The standard InChI is InChI=1S/C18H21N3O3/c1-20(8-14-5-3-2-4-6-14)15-7-18(24-9-15)11-21(12-18)17(22)16-10-23-13-19-16/h2-6,10,13,15H,7-9,11-12H2,1H3. The number of hydrogen-bond acceptors (Lipinski definition) is 5. The van der Waals surface area contributed by atoms with E-state index in [4.69, 9.17) is 9.15 Å². The summed E-state index contributed by atoms with van der Waals surface area (Å²) in [7, 11) is 2.14. The first-order chi connectivity index (χ1) is 11.7. The van der Waals surface area contributed by atoms with Crippen LogP contribution in [0.1, 0.15) is 22.5 Å². The molecule has 24 heavy (non-hydrogen) atoms. The fourth-order valence-electron chi connectivity index (χ4n) is 3.60. The van der Waals surface area contributed by atoms with E-state index in [1.54, 1.807) is 4.90 Å². The van der Waals surface area contributed by atoms with Gasteiger partial charge in [0.2, 0.25) is 0 Å². The van der Waals surface area contributed by atoms with E-state index in [9.17, 15) is 4.79 Å². The Morgan fingerprint density at radius 3 is 2.88 bits per heavy atom. The summed E-state index contributed by atoms with van der Waals surface area (Å²) in [5.74, 6) is -0.0842. The molecular formula is C18H21N3O3. The van der Waals surface area contributed by atoms with Crippen molar-refractivity contribution < 1.29 is 13.9 Å². The molecule has 0 N–H and O–H groups in total. The zero-order chi connectivity index (χ0) is 16.6. The second-order valence-corrected chi connectivity index (χ2v) is 6.79. The summed E-state index contributed by atoms with van der Waals surface area (Å²) in [6.07, 6.45) is 3.63. The van der Waals surface area contributed by atoms with Crippen LogP contribution in [-0.4, -0.2) is 59.1 Å². The Labute approximate surface area is 141 Å². The molecular weight excluding hydrogens is 306 g/mol. The second kappa shape index (κ2) is 6.03. The van der Waals surface area contributed by atoms with E-state index in [0.717, 1.165) is 19.6 Å². The van der Waals surface area contributed by atoms with E-state index in [2.05, 4.69) is 41.2 Å². The first kappa shape index (κ1) is 15.4. The molecule has 6 heteroatoms. The highest BCUT2D eigenvalue weighted by Crippen LogP contribution is 2.37. The van der Waals surface area contributed by atoms with Crippen molar-refractivity contribution in [3.05, 3.63) is 54.2 Å². The molecule has 2 saturated heterocycles. The van der Waals surface area contributed by atoms with Gasteiger partial charge in [0.05, 0.1) is 19.7 Å². The lowest BCUT2D eigenvalue weighted by Crippen LogP contribution is -2.63. The van der Waals surface area contributed by atoms with E-state index in [0.29, 0.717) is 24.8 Å². The lowest BCUT2D eigenvalue weighted by molar-refractivity contribution is -0.0952. The average molecular weight is 327 g/mol. The van der Waals surface area contributed by atoms with Crippen LogP contribution in [0.25, 0.3) is 0 Å². The summed E-state index contributed by atoms with van der Waals surface area (Å²) in [6, 6.07) is 10.8. The van der Waals surface area contributed by atoms with Gasteiger partial charge in [-0.2, -0.15) is 0 Å². The number of benzene rings is 1. The fraction of sp³-hybridized carbons (Fsp3) is 0.444. The summed E-state index contributed by atoms with van der Waals surface area (Å²) >= 11 is 0. The van der Waals surface area contributed by atoms with Crippen LogP contribution in [0.5, 0.6) is 0 Å². The van der Waals surface area contributed by atoms with Gasteiger partial charge in [-0.25, -0.2) is 4.98 Å². The van der Waals surface area contributed by atoms with Crippen LogP contribution in [0.15, 0.2) is 47.4 Å². The maximum absolute atomic E-state index is 12.2. The molecule has 0 bridgehead atoms. The van der Waals surface area contributed by atoms with E-state index >= 15 is 0 Å². The molecule has 2 aliphatic rings. The summed E-state index contributed by atoms with van der Waals surface area (Å²) in [6.45, 7) is 2.89. The summed E-state index contributed by atoms with van der Waals surface area (Å²) < 4.78 is 10.9. The van der Waals surface area contributed by atoms with Crippen molar-refractivity contribution in [2.45, 2.75) is 24.6 Å². The molecule has 2 aromatic rings. The largest absolute Gasteiger partial charge is 0.451 e. The smallest absolute Gasteiger partial charge is 0.276 e. The predicted octanol–water partition coefficient (Wildman–Crippen LogP) is 1.79. The number of hydrogen-bond donors (Lipinski definition) is 0. The Kier molecular flexibility index (Phi) is 3.86. The van der Waals surface area contributed by atoms with Crippen LogP contribution >= 0.6 is 0 Å². The van der Waals surface area contributed by atoms with Gasteiger partial charge >= 0.3 is 0 Å². The number of oxazole rings is 1. The molecule has 0 saturated carbocycles. The van der Waals surface area contributed by atoms with Crippen molar-refractivity contribution in [1.82, 2.24) is 14.8 Å². The number of carbonyl (C=O) groups excluding carboxylic acids is 1. The molecule has 0 aliphatic carbocycles. The molecule has 1 aromatic carbocycles. The lowest BCUT2D eigenvalue weighted by atomic mass is 9.88. The third-order valence-electron chi connectivity index (χ3n) is 4.98. The summed E-state index contributed by atoms with van der Waals surface area (Å²) in [5, 5.41) is 0. The second-order valence-electron chi connectivity index (χ2n) is 6.79. The van der Waals surface area contributed by atoms with Crippen LogP contribution in [-0.2, 0) is 11.3 Å². The summed E-state index contributed by atoms with van der Waals surface area (Å²) in [5.41, 5.74) is 1.48. The zero-order valence-corrected chi connectivity index (χ0v) is 13.7. The number of nitrogens with zero attached hydrogens (tertiary/aromatic N) is 3. The molecule has 6 nitrogen and oxygen atoms in total. The highest BCUT2D eigenvalue weighted by atomic mass is 16.5. The molecule has 3 heterocycles. The van der Waals surface area contributed by atoms with Gasteiger partial charge in [0.15, 0.2) is 12.1 Å². The fourth-order valence-corrected chi connectivity index (χ4v) is 3.60. The Hall–Kier alpha value is -2.18. The molecule has 1 amide bonds. The SMILES string of the molecule is CN(Cc1ccccc1)C1COC2(C1)CN(C(=O)c1cocn1)C2. The van der Waals surface area contributed by atoms with E-state index < -0.39 is 0 Å². The minimum absolute atomic E-state index is 0.0842. The normalized spacial score (nSPS) is 22.1. The Morgan fingerprint density at radius 2 is 2.17 bits per heavy atom.